The van der Waals surface area contributed by atoms with Crippen LogP contribution in [0.5, 0.6) is 0 Å². The average molecular weight is 481 g/mol. The standard InChI is InChI=1S/C19H39N5O.HI/c1-3-23-13-15-24(16-14-23)12-10-21-19(20-2)22-11-17-25-18-8-6-4-5-7-9-18;/h18H,3-17H2,1-2H3,(H2,20,21,22);1H. The molecule has 2 fully saturated rings. The highest BCUT2D eigenvalue weighted by atomic mass is 127. The van der Waals surface area contributed by atoms with Crippen LogP contribution in [-0.2, 0) is 4.74 Å². The molecule has 0 amide bonds. The predicted octanol–water partition coefficient (Wildman–Crippen LogP) is 2.15. The van der Waals surface area contributed by atoms with Gasteiger partial charge in [0.05, 0.1) is 12.7 Å². The highest BCUT2D eigenvalue weighted by Crippen LogP contribution is 2.19. The van der Waals surface area contributed by atoms with Crippen LogP contribution in [0.4, 0.5) is 0 Å². The molecule has 0 atom stereocenters. The minimum Gasteiger partial charge on any atom is -0.376 e. The molecule has 6 nitrogen and oxygen atoms in total. The summed E-state index contributed by atoms with van der Waals surface area (Å²) in [4.78, 5) is 9.35. The van der Waals surface area contributed by atoms with E-state index in [4.69, 9.17) is 4.74 Å². The van der Waals surface area contributed by atoms with Gasteiger partial charge in [0.1, 0.15) is 0 Å². The van der Waals surface area contributed by atoms with Crippen molar-refractivity contribution in [1.82, 2.24) is 20.4 Å². The van der Waals surface area contributed by atoms with E-state index in [0.717, 1.165) is 32.2 Å². The number of ether oxygens (including phenoxy) is 1. The molecule has 2 N–H and O–H groups in total. The van der Waals surface area contributed by atoms with Gasteiger partial charge in [0.15, 0.2) is 5.96 Å². The summed E-state index contributed by atoms with van der Waals surface area (Å²) in [7, 11) is 1.83. The number of likely N-dealkylation sites (N-methyl/N-ethyl adjacent to an activating group) is 1. The molecule has 154 valence electrons. The zero-order chi connectivity index (χ0) is 17.7. The molecule has 1 aliphatic carbocycles. The maximum absolute atomic E-state index is 6.02. The van der Waals surface area contributed by atoms with E-state index < -0.39 is 0 Å². The van der Waals surface area contributed by atoms with Crippen LogP contribution in [0.2, 0.25) is 0 Å². The Hall–Kier alpha value is -0.120. The fourth-order valence-electron chi connectivity index (χ4n) is 3.69. The van der Waals surface area contributed by atoms with Gasteiger partial charge in [-0.15, -0.1) is 24.0 Å². The number of aliphatic imine (C=N–C) groups is 1. The van der Waals surface area contributed by atoms with Crippen molar-refractivity contribution in [2.75, 3.05) is 66.0 Å². The zero-order valence-corrected chi connectivity index (χ0v) is 19.2. The summed E-state index contributed by atoms with van der Waals surface area (Å²) < 4.78 is 6.02. The van der Waals surface area contributed by atoms with Crippen molar-refractivity contribution in [3.05, 3.63) is 0 Å². The summed E-state index contributed by atoms with van der Waals surface area (Å²) in [5.41, 5.74) is 0. The van der Waals surface area contributed by atoms with E-state index in [1.807, 2.05) is 7.05 Å². The topological polar surface area (TPSA) is 52.1 Å². The number of nitrogens with one attached hydrogen (secondary N) is 2. The van der Waals surface area contributed by atoms with Crippen molar-refractivity contribution in [3.63, 3.8) is 0 Å². The first-order chi connectivity index (χ1) is 12.3. The SMILES string of the molecule is CCN1CCN(CCNC(=NC)NCCOC2CCCCCC2)CC1.I. The molecule has 1 aliphatic heterocycles. The van der Waals surface area contributed by atoms with Gasteiger partial charge >= 0.3 is 0 Å². The third kappa shape index (κ3) is 9.71. The van der Waals surface area contributed by atoms with E-state index in [0.29, 0.717) is 6.10 Å². The lowest BCUT2D eigenvalue weighted by atomic mass is 10.1. The lowest BCUT2D eigenvalue weighted by Crippen LogP contribution is -2.49. The van der Waals surface area contributed by atoms with Crippen molar-refractivity contribution in [2.45, 2.75) is 51.6 Å². The van der Waals surface area contributed by atoms with Gasteiger partial charge in [-0.05, 0) is 19.4 Å². The van der Waals surface area contributed by atoms with E-state index in [2.05, 4.69) is 32.3 Å². The van der Waals surface area contributed by atoms with Gasteiger partial charge < -0.3 is 20.3 Å². The third-order valence-corrected chi connectivity index (χ3v) is 5.41. The second-order valence-corrected chi connectivity index (χ2v) is 7.19. The van der Waals surface area contributed by atoms with Crippen LogP contribution in [0.3, 0.4) is 0 Å². The number of hydrogen-bond acceptors (Lipinski definition) is 4. The van der Waals surface area contributed by atoms with Crippen LogP contribution in [0, 0.1) is 0 Å². The molecular formula is C19H40IN5O. The van der Waals surface area contributed by atoms with Gasteiger partial charge in [0.25, 0.3) is 0 Å². The largest absolute Gasteiger partial charge is 0.376 e. The summed E-state index contributed by atoms with van der Waals surface area (Å²) in [6, 6.07) is 0. The zero-order valence-electron chi connectivity index (χ0n) is 16.8. The van der Waals surface area contributed by atoms with Gasteiger partial charge in [0.2, 0.25) is 0 Å². The minimum atomic E-state index is 0. The lowest BCUT2D eigenvalue weighted by Gasteiger charge is -2.34. The highest BCUT2D eigenvalue weighted by molar-refractivity contribution is 14.0. The number of halogens is 1. The van der Waals surface area contributed by atoms with Crippen LogP contribution in [-0.4, -0.2) is 87.9 Å². The van der Waals surface area contributed by atoms with E-state index in [9.17, 15) is 0 Å². The summed E-state index contributed by atoms with van der Waals surface area (Å²) in [5, 5.41) is 6.78. The lowest BCUT2D eigenvalue weighted by molar-refractivity contribution is 0.0468. The molecule has 1 saturated carbocycles. The number of rotatable bonds is 8. The molecule has 1 saturated heterocycles. The molecule has 0 spiro atoms. The fourth-order valence-corrected chi connectivity index (χ4v) is 3.69. The second-order valence-electron chi connectivity index (χ2n) is 7.19. The quantitative estimate of drug-likeness (QED) is 0.183. The van der Waals surface area contributed by atoms with Gasteiger partial charge in [0, 0.05) is 52.9 Å². The predicted molar refractivity (Wildman–Crippen MR) is 121 cm³/mol. The molecule has 0 unspecified atom stereocenters. The molecular weight excluding hydrogens is 441 g/mol. The van der Waals surface area contributed by atoms with Crippen LogP contribution in [0.15, 0.2) is 4.99 Å². The van der Waals surface area contributed by atoms with Crippen LogP contribution >= 0.6 is 24.0 Å². The van der Waals surface area contributed by atoms with Gasteiger partial charge in [-0.1, -0.05) is 32.6 Å². The third-order valence-electron chi connectivity index (χ3n) is 5.41. The molecule has 1 heterocycles. The van der Waals surface area contributed by atoms with Crippen LogP contribution in [0.1, 0.15) is 45.4 Å². The molecule has 0 bridgehead atoms. The molecule has 0 aromatic carbocycles. The Morgan fingerprint density at radius 1 is 0.962 bits per heavy atom. The van der Waals surface area contributed by atoms with Gasteiger partial charge in [-0.2, -0.15) is 0 Å². The van der Waals surface area contributed by atoms with Gasteiger partial charge in [-0.3, -0.25) is 9.89 Å². The number of piperazine rings is 1. The Labute approximate surface area is 177 Å². The fraction of sp³-hybridized carbons (Fsp3) is 0.947. The molecule has 2 rings (SSSR count). The molecule has 26 heavy (non-hydrogen) atoms. The number of guanidine groups is 1. The van der Waals surface area contributed by atoms with E-state index in [1.165, 1.54) is 71.2 Å². The molecule has 0 aromatic rings. The smallest absolute Gasteiger partial charge is 0.191 e. The monoisotopic (exact) mass is 481 g/mol. The second kappa shape index (κ2) is 14.9. The Bertz CT molecular complexity index is 367. The average Bonchev–Trinajstić information content (AvgIpc) is 2.93. The van der Waals surface area contributed by atoms with Crippen molar-refractivity contribution in [3.8, 4) is 0 Å². The van der Waals surface area contributed by atoms with Crippen molar-refractivity contribution >= 4 is 29.9 Å². The summed E-state index contributed by atoms with van der Waals surface area (Å²) in [5.74, 6) is 0.886. The van der Waals surface area contributed by atoms with Crippen molar-refractivity contribution in [2.24, 2.45) is 4.99 Å². The maximum Gasteiger partial charge on any atom is 0.191 e. The highest BCUT2D eigenvalue weighted by Gasteiger charge is 2.15. The first-order valence-corrected chi connectivity index (χ1v) is 10.3. The normalized spacial score (nSPS) is 21.1. The Kier molecular flexibility index (Phi) is 13.7. The summed E-state index contributed by atoms with van der Waals surface area (Å²) >= 11 is 0. The Morgan fingerprint density at radius 2 is 1.58 bits per heavy atom. The van der Waals surface area contributed by atoms with E-state index in [-0.39, 0.29) is 24.0 Å². The summed E-state index contributed by atoms with van der Waals surface area (Å²) in [6.45, 7) is 11.8. The van der Waals surface area contributed by atoms with E-state index >= 15 is 0 Å². The molecule has 0 aromatic heterocycles. The van der Waals surface area contributed by atoms with Crippen LogP contribution < -0.4 is 10.6 Å². The Balaban J connectivity index is 0.00000338. The molecule has 2 aliphatic rings. The maximum atomic E-state index is 6.02. The summed E-state index contributed by atoms with van der Waals surface area (Å²) in [6.07, 6.45) is 8.35. The number of hydrogen-bond donors (Lipinski definition) is 2. The van der Waals surface area contributed by atoms with E-state index in [1.54, 1.807) is 0 Å². The molecule has 0 radical (unpaired) electrons. The van der Waals surface area contributed by atoms with Crippen LogP contribution in [0.25, 0.3) is 0 Å². The molecule has 7 heteroatoms. The van der Waals surface area contributed by atoms with Crippen molar-refractivity contribution in [1.29, 1.82) is 0 Å². The first kappa shape index (κ1) is 23.9. The minimum absolute atomic E-state index is 0. The first-order valence-electron chi connectivity index (χ1n) is 10.3. The van der Waals surface area contributed by atoms with Crippen molar-refractivity contribution < 1.29 is 4.74 Å². The van der Waals surface area contributed by atoms with Gasteiger partial charge in [-0.25, -0.2) is 0 Å². The Morgan fingerprint density at radius 3 is 2.19 bits per heavy atom. The number of nitrogens with zero attached hydrogens (tertiary/aromatic N) is 3.